The number of carbonyl (C=O) groups is 1. The van der Waals surface area contributed by atoms with Crippen molar-refractivity contribution in [2.45, 2.75) is 25.4 Å². The summed E-state index contributed by atoms with van der Waals surface area (Å²) < 4.78 is 0. The first kappa shape index (κ1) is 15.8. The lowest BCUT2D eigenvalue weighted by molar-refractivity contribution is -0.122. The van der Waals surface area contributed by atoms with Crippen molar-refractivity contribution in [3.63, 3.8) is 0 Å². The molecular formula is C20H23NO2. The SMILES string of the molecule is C[C@@H](CNC(=O)C1CC1)C(O)(c1ccccc1)c1ccccc1. The van der Waals surface area contributed by atoms with Gasteiger partial charge in [0.1, 0.15) is 5.60 Å². The molecule has 1 aliphatic carbocycles. The first-order valence-corrected chi connectivity index (χ1v) is 8.23. The third-order valence-electron chi connectivity index (χ3n) is 4.67. The number of nitrogens with one attached hydrogen (secondary N) is 1. The highest BCUT2D eigenvalue weighted by atomic mass is 16.3. The van der Waals surface area contributed by atoms with Crippen LogP contribution in [0, 0.1) is 11.8 Å². The van der Waals surface area contributed by atoms with Crippen LogP contribution in [0.15, 0.2) is 60.7 Å². The van der Waals surface area contributed by atoms with Crippen molar-refractivity contribution < 1.29 is 9.90 Å². The summed E-state index contributed by atoms with van der Waals surface area (Å²) in [4.78, 5) is 11.9. The molecule has 0 aromatic heterocycles. The van der Waals surface area contributed by atoms with Crippen LogP contribution < -0.4 is 5.32 Å². The third-order valence-corrected chi connectivity index (χ3v) is 4.67. The highest BCUT2D eigenvalue weighted by molar-refractivity contribution is 5.80. The van der Waals surface area contributed by atoms with E-state index in [2.05, 4.69) is 5.32 Å². The van der Waals surface area contributed by atoms with Crippen molar-refractivity contribution in [1.29, 1.82) is 0 Å². The molecule has 3 heteroatoms. The largest absolute Gasteiger partial charge is 0.380 e. The molecule has 0 heterocycles. The molecule has 2 aromatic carbocycles. The van der Waals surface area contributed by atoms with Gasteiger partial charge in [0.2, 0.25) is 5.91 Å². The Bertz CT molecular complexity index is 610. The molecule has 0 radical (unpaired) electrons. The topological polar surface area (TPSA) is 49.3 Å². The molecule has 1 saturated carbocycles. The van der Waals surface area contributed by atoms with Gasteiger partial charge in [-0.3, -0.25) is 4.79 Å². The molecule has 0 bridgehead atoms. The predicted molar refractivity (Wildman–Crippen MR) is 90.8 cm³/mol. The second-order valence-corrected chi connectivity index (χ2v) is 6.42. The Labute approximate surface area is 137 Å². The zero-order valence-corrected chi connectivity index (χ0v) is 13.4. The summed E-state index contributed by atoms with van der Waals surface area (Å²) >= 11 is 0. The lowest BCUT2D eigenvalue weighted by Crippen LogP contribution is -2.42. The molecule has 1 atom stereocenters. The third kappa shape index (κ3) is 3.30. The second-order valence-electron chi connectivity index (χ2n) is 6.42. The van der Waals surface area contributed by atoms with Crippen molar-refractivity contribution in [2.75, 3.05) is 6.54 Å². The number of benzene rings is 2. The van der Waals surface area contributed by atoms with Crippen LogP contribution in [-0.4, -0.2) is 17.6 Å². The predicted octanol–water partition coefficient (Wildman–Crippen LogP) is 3.08. The molecule has 2 N–H and O–H groups in total. The number of carbonyl (C=O) groups excluding carboxylic acids is 1. The number of aliphatic hydroxyl groups is 1. The van der Waals surface area contributed by atoms with Crippen LogP contribution in [0.2, 0.25) is 0 Å². The molecular weight excluding hydrogens is 286 g/mol. The van der Waals surface area contributed by atoms with Crippen molar-refractivity contribution in [2.24, 2.45) is 11.8 Å². The molecule has 1 aliphatic rings. The molecule has 1 amide bonds. The summed E-state index contributed by atoms with van der Waals surface area (Å²) in [7, 11) is 0. The molecule has 3 rings (SSSR count). The van der Waals surface area contributed by atoms with Crippen LogP contribution in [0.5, 0.6) is 0 Å². The van der Waals surface area contributed by atoms with E-state index in [1.54, 1.807) is 0 Å². The average molecular weight is 309 g/mol. The normalized spacial score (nSPS) is 15.9. The average Bonchev–Trinajstić information content (AvgIpc) is 3.45. The minimum absolute atomic E-state index is 0.111. The van der Waals surface area contributed by atoms with E-state index in [4.69, 9.17) is 0 Å². The molecule has 0 unspecified atom stereocenters. The fraction of sp³-hybridized carbons (Fsp3) is 0.350. The lowest BCUT2D eigenvalue weighted by atomic mass is 9.77. The first-order chi connectivity index (χ1) is 11.1. The van der Waals surface area contributed by atoms with E-state index in [1.165, 1.54) is 0 Å². The fourth-order valence-electron chi connectivity index (χ4n) is 3.01. The van der Waals surface area contributed by atoms with E-state index in [1.807, 2.05) is 67.6 Å². The summed E-state index contributed by atoms with van der Waals surface area (Å²) in [5, 5.41) is 14.5. The monoisotopic (exact) mass is 309 g/mol. The highest BCUT2D eigenvalue weighted by Gasteiger charge is 2.38. The Hall–Kier alpha value is -2.13. The minimum Gasteiger partial charge on any atom is -0.380 e. The van der Waals surface area contributed by atoms with Crippen LogP contribution in [0.25, 0.3) is 0 Å². The van der Waals surface area contributed by atoms with Crippen molar-refractivity contribution >= 4 is 5.91 Å². The van der Waals surface area contributed by atoms with Crippen LogP contribution in [-0.2, 0) is 10.4 Å². The maximum Gasteiger partial charge on any atom is 0.223 e. The fourth-order valence-corrected chi connectivity index (χ4v) is 3.01. The zero-order chi connectivity index (χ0) is 16.3. The van der Waals surface area contributed by atoms with Gasteiger partial charge in [-0.2, -0.15) is 0 Å². The van der Waals surface area contributed by atoms with Gasteiger partial charge < -0.3 is 10.4 Å². The first-order valence-electron chi connectivity index (χ1n) is 8.23. The molecule has 0 aliphatic heterocycles. The molecule has 3 nitrogen and oxygen atoms in total. The Morgan fingerprint density at radius 2 is 1.57 bits per heavy atom. The van der Waals surface area contributed by atoms with Crippen LogP contribution >= 0.6 is 0 Å². The molecule has 0 saturated heterocycles. The van der Waals surface area contributed by atoms with Crippen LogP contribution in [0.4, 0.5) is 0 Å². The van der Waals surface area contributed by atoms with Gasteiger partial charge in [-0.05, 0) is 24.0 Å². The smallest absolute Gasteiger partial charge is 0.223 e. The Kier molecular flexibility index (Phi) is 4.49. The van der Waals surface area contributed by atoms with Gasteiger partial charge >= 0.3 is 0 Å². The maximum atomic E-state index is 11.9. The maximum absolute atomic E-state index is 11.9. The summed E-state index contributed by atoms with van der Waals surface area (Å²) in [5.74, 6) is 0.152. The van der Waals surface area contributed by atoms with E-state index in [0.29, 0.717) is 6.54 Å². The zero-order valence-electron chi connectivity index (χ0n) is 13.4. The van der Waals surface area contributed by atoms with E-state index in [9.17, 15) is 9.90 Å². The van der Waals surface area contributed by atoms with Gasteiger partial charge in [0.05, 0.1) is 0 Å². The van der Waals surface area contributed by atoms with Crippen molar-refractivity contribution in [3.05, 3.63) is 71.8 Å². The summed E-state index contributed by atoms with van der Waals surface area (Å²) in [6.45, 7) is 2.43. The number of amides is 1. The quantitative estimate of drug-likeness (QED) is 0.861. The Morgan fingerprint density at radius 3 is 2.00 bits per heavy atom. The van der Waals surface area contributed by atoms with Crippen LogP contribution in [0.3, 0.4) is 0 Å². The Morgan fingerprint density at radius 1 is 1.09 bits per heavy atom. The van der Waals surface area contributed by atoms with Gasteiger partial charge in [0, 0.05) is 18.4 Å². The second kappa shape index (κ2) is 6.55. The van der Waals surface area contributed by atoms with E-state index >= 15 is 0 Å². The molecule has 23 heavy (non-hydrogen) atoms. The van der Waals surface area contributed by atoms with Crippen LogP contribution in [0.1, 0.15) is 30.9 Å². The van der Waals surface area contributed by atoms with Gasteiger partial charge in [0.25, 0.3) is 0 Å². The highest BCUT2D eigenvalue weighted by Crippen LogP contribution is 2.36. The molecule has 2 aromatic rings. The van der Waals surface area contributed by atoms with E-state index in [0.717, 1.165) is 24.0 Å². The molecule has 120 valence electrons. The number of rotatable bonds is 6. The van der Waals surface area contributed by atoms with Gasteiger partial charge in [-0.1, -0.05) is 67.6 Å². The van der Waals surface area contributed by atoms with Gasteiger partial charge in [-0.15, -0.1) is 0 Å². The van der Waals surface area contributed by atoms with Crippen molar-refractivity contribution in [1.82, 2.24) is 5.32 Å². The lowest BCUT2D eigenvalue weighted by Gasteiger charge is -2.35. The van der Waals surface area contributed by atoms with Gasteiger partial charge in [-0.25, -0.2) is 0 Å². The van der Waals surface area contributed by atoms with E-state index in [-0.39, 0.29) is 17.7 Å². The van der Waals surface area contributed by atoms with E-state index < -0.39 is 5.60 Å². The minimum atomic E-state index is -1.13. The van der Waals surface area contributed by atoms with Gasteiger partial charge in [0.15, 0.2) is 0 Å². The summed E-state index contributed by atoms with van der Waals surface area (Å²) in [5.41, 5.74) is 0.568. The standard InChI is InChI=1S/C20H23NO2/c1-15(14-21-19(22)16-12-13-16)20(23,17-8-4-2-5-9-17)18-10-6-3-7-11-18/h2-11,15-16,23H,12-14H2,1H3,(H,21,22)/t15-/m0/s1. The molecule has 0 spiro atoms. The number of hydrogen-bond acceptors (Lipinski definition) is 2. The van der Waals surface area contributed by atoms with Crippen molar-refractivity contribution in [3.8, 4) is 0 Å². The molecule has 1 fully saturated rings. The summed E-state index contributed by atoms with van der Waals surface area (Å²) in [6, 6.07) is 19.3. The summed E-state index contributed by atoms with van der Waals surface area (Å²) in [6.07, 6.45) is 1.98. The number of hydrogen-bond donors (Lipinski definition) is 2. The Balaban J connectivity index is 1.87.